The van der Waals surface area contributed by atoms with Gasteiger partial charge in [-0.15, -0.1) is 0 Å². The lowest BCUT2D eigenvalue weighted by molar-refractivity contribution is -0.00278. The summed E-state index contributed by atoms with van der Waals surface area (Å²) < 4.78 is 0. The highest BCUT2D eigenvalue weighted by molar-refractivity contribution is 4.97. The predicted molar refractivity (Wildman–Crippen MR) is 59.1 cm³/mol. The van der Waals surface area contributed by atoms with E-state index in [1.807, 2.05) is 0 Å². The first kappa shape index (κ1) is 10.5. The van der Waals surface area contributed by atoms with E-state index in [1.165, 1.54) is 44.9 Å². The Hall–Kier alpha value is -0.0400. The van der Waals surface area contributed by atoms with Crippen LogP contribution in [0.2, 0.25) is 0 Å². The fourth-order valence-corrected chi connectivity index (χ4v) is 3.42. The van der Waals surface area contributed by atoms with Gasteiger partial charge in [0.25, 0.3) is 0 Å². The second kappa shape index (κ2) is 3.84. The van der Waals surface area contributed by atoms with Crippen molar-refractivity contribution >= 4 is 0 Å². The molecule has 1 atom stereocenters. The van der Waals surface area contributed by atoms with Gasteiger partial charge in [-0.25, -0.2) is 0 Å². The third kappa shape index (κ3) is 1.98. The molecule has 2 aliphatic carbocycles. The normalized spacial score (nSPS) is 28.3. The standard InChI is InChI=1S/C13H24O/c1-10(2)9-13(7-3-4-8-13)12(14)11-5-6-11/h10-12,14H,3-9H2,1-2H3. The minimum absolute atomic E-state index is 0.0207. The maximum atomic E-state index is 10.4. The van der Waals surface area contributed by atoms with Crippen LogP contribution in [0.15, 0.2) is 0 Å². The molecule has 14 heavy (non-hydrogen) atoms. The summed E-state index contributed by atoms with van der Waals surface area (Å²) in [5.41, 5.74) is 0.315. The summed E-state index contributed by atoms with van der Waals surface area (Å²) in [4.78, 5) is 0. The molecule has 0 amide bonds. The van der Waals surface area contributed by atoms with Gasteiger partial charge in [-0.3, -0.25) is 0 Å². The number of hydrogen-bond donors (Lipinski definition) is 1. The van der Waals surface area contributed by atoms with Gasteiger partial charge in [0.15, 0.2) is 0 Å². The van der Waals surface area contributed by atoms with E-state index in [0.717, 1.165) is 5.92 Å². The predicted octanol–water partition coefficient (Wildman–Crippen LogP) is 3.36. The van der Waals surface area contributed by atoms with Crippen molar-refractivity contribution in [2.45, 2.75) is 64.9 Å². The Morgan fingerprint density at radius 3 is 2.21 bits per heavy atom. The molecule has 0 aromatic heterocycles. The van der Waals surface area contributed by atoms with Crippen molar-refractivity contribution in [2.75, 3.05) is 0 Å². The highest BCUT2D eigenvalue weighted by Gasteiger charge is 2.47. The maximum absolute atomic E-state index is 10.4. The molecule has 2 aliphatic rings. The van der Waals surface area contributed by atoms with Gasteiger partial charge < -0.3 is 5.11 Å². The van der Waals surface area contributed by atoms with E-state index in [1.54, 1.807) is 0 Å². The minimum atomic E-state index is 0.0207. The lowest BCUT2D eigenvalue weighted by Gasteiger charge is -2.36. The molecule has 1 N–H and O–H groups in total. The van der Waals surface area contributed by atoms with Gasteiger partial charge in [0, 0.05) is 0 Å². The molecule has 1 unspecified atom stereocenters. The van der Waals surface area contributed by atoms with E-state index >= 15 is 0 Å². The highest BCUT2D eigenvalue weighted by Crippen LogP contribution is 2.52. The van der Waals surface area contributed by atoms with Gasteiger partial charge in [0.2, 0.25) is 0 Å². The second-order valence-electron chi connectivity index (χ2n) is 5.95. The quantitative estimate of drug-likeness (QED) is 0.731. The van der Waals surface area contributed by atoms with Crippen LogP contribution in [-0.4, -0.2) is 11.2 Å². The van der Waals surface area contributed by atoms with Gasteiger partial charge in [0.05, 0.1) is 6.10 Å². The second-order valence-corrected chi connectivity index (χ2v) is 5.95. The summed E-state index contributed by atoms with van der Waals surface area (Å²) in [6.07, 6.45) is 9.07. The molecule has 82 valence electrons. The van der Waals surface area contributed by atoms with Crippen molar-refractivity contribution in [1.82, 2.24) is 0 Å². The van der Waals surface area contributed by atoms with Gasteiger partial charge in [0.1, 0.15) is 0 Å². The van der Waals surface area contributed by atoms with Gasteiger partial charge in [-0.05, 0) is 49.4 Å². The van der Waals surface area contributed by atoms with Crippen molar-refractivity contribution in [1.29, 1.82) is 0 Å². The van der Waals surface area contributed by atoms with Gasteiger partial charge in [-0.2, -0.15) is 0 Å². The SMILES string of the molecule is CC(C)CC1(C(O)C2CC2)CCCC1. The van der Waals surface area contributed by atoms with E-state index in [-0.39, 0.29) is 6.10 Å². The molecule has 2 fully saturated rings. The fourth-order valence-electron chi connectivity index (χ4n) is 3.42. The lowest BCUT2D eigenvalue weighted by Crippen LogP contribution is -2.35. The van der Waals surface area contributed by atoms with E-state index < -0.39 is 0 Å². The van der Waals surface area contributed by atoms with Crippen LogP contribution in [0.1, 0.15) is 58.8 Å². The Morgan fingerprint density at radius 1 is 1.21 bits per heavy atom. The van der Waals surface area contributed by atoms with E-state index in [0.29, 0.717) is 11.3 Å². The third-order valence-corrected chi connectivity index (χ3v) is 4.11. The summed E-state index contributed by atoms with van der Waals surface area (Å²) in [6.45, 7) is 4.58. The molecule has 0 aromatic rings. The lowest BCUT2D eigenvalue weighted by atomic mass is 9.72. The fraction of sp³-hybridized carbons (Fsp3) is 1.00. The molecule has 0 aromatic carbocycles. The smallest absolute Gasteiger partial charge is 0.0624 e. The summed E-state index contributed by atoms with van der Waals surface area (Å²) in [5, 5.41) is 10.4. The number of hydrogen-bond acceptors (Lipinski definition) is 1. The van der Waals surface area contributed by atoms with E-state index in [9.17, 15) is 5.11 Å². The molecule has 1 nitrogen and oxygen atoms in total. The summed E-state index contributed by atoms with van der Waals surface area (Å²) in [7, 11) is 0. The Labute approximate surface area is 87.9 Å². The van der Waals surface area contributed by atoms with Crippen LogP contribution in [0, 0.1) is 17.3 Å². The highest BCUT2D eigenvalue weighted by atomic mass is 16.3. The third-order valence-electron chi connectivity index (χ3n) is 4.11. The molecule has 0 spiro atoms. The zero-order chi connectivity index (χ0) is 10.2. The van der Waals surface area contributed by atoms with Crippen molar-refractivity contribution < 1.29 is 5.11 Å². The van der Waals surface area contributed by atoms with Crippen molar-refractivity contribution in [3.63, 3.8) is 0 Å². The largest absolute Gasteiger partial charge is 0.392 e. The molecular formula is C13H24O. The van der Waals surface area contributed by atoms with Crippen molar-refractivity contribution in [3.05, 3.63) is 0 Å². The monoisotopic (exact) mass is 196 g/mol. The molecule has 0 aliphatic heterocycles. The Bertz CT molecular complexity index is 187. The molecule has 0 saturated heterocycles. The zero-order valence-electron chi connectivity index (χ0n) is 9.63. The summed E-state index contributed by atoms with van der Waals surface area (Å²) in [6, 6.07) is 0. The Kier molecular flexibility index (Phi) is 2.88. The maximum Gasteiger partial charge on any atom is 0.0624 e. The van der Waals surface area contributed by atoms with Crippen LogP contribution in [0.5, 0.6) is 0 Å². The van der Waals surface area contributed by atoms with Crippen molar-refractivity contribution in [2.24, 2.45) is 17.3 Å². The summed E-state index contributed by atoms with van der Waals surface area (Å²) in [5.74, 6) is 1.40. The Morgan fingerprint density at radius 2 is 1.79 bits per heavy atom. The molecule has 1 heteroatoms. The molecular weight excluding hydrogens is 172 g/mol. The first-order valence-electron chi connectivity index (χ1n) is 6.32. The molecule has 0 heterocycles. The number of rotatable bonds is 4. The van der Waals surface area contributed by atoms with Crippen LogP contribution in [0.25, 0.3) is 0 Å². The average Bonchev–Trinajstić information content (AvgIpc) is 2.86. The minimum Gasteiger partial charge on any atom is -0.392 e. The average molecular weight is 196 g/mol. The number of aliphatic hydroxyl groups is 1. The van der Waals surface area contributed by atoms with E-state index in [4.69, 9.17) is 0 Å². The molecule has 0 radical (unpaired) electrons. The van der Waals surface area contributed by atoms with Gasteiger partial charge in [-0.1, -0.05) is 26.7 Å². The number of aliphatic hydroxyl groups excluding tert-OH is 1. The van der Waals surface area contributed by atoms with E-state index in [2.05, 4.69) is 13.8 Å². The van der Waals surface area contributed by atoms with Crippen LogP contribution in [-0.2, 0) is 0 Å². The topological polar surface area (TPSA) is 20.2 Å². The molecule has 0 bridgehead atoms. The zero-order valence-corrected chi connectivity index (χ0v) is 9.63. The van der Waals surface area contributed by atoms with Crippen LogP contribution < -0.4 is 0 Å². The first-order valence-corrected chi connectivity index (χ1v) is 6.32. The Balaban J connectivity index is 2.03. The summed E-state index contributed by atoms with van der Waals surface area (Å²) >= 11 is 0. The van der Waals surface area contributed by atoms with Gasteiger partial charge >= 0.3 is 0 Å². The van der Waals surface area contributed by atoms with Crippen LogP contribution in [0.3, 0.4) is 0 Å². The van der Waals surface area contributed by atoms with Crippen molar-refractivity contribution in [3.8, 4) is 0 Å². The van der Waals surface area contributed by atoms with Crippen LogP contribution >= 0.6 is 0 Å². The molecule has 2 rings (SSSR count). The first-order chi connectivity index (χ1) is 6.64. The molecule has 2 saturated carbocycles. The van der Waals surface area contributed by atoms with Crippen LogP contribution in [0.4, 0.5) is 0 Å².